The molecule has 0 aliphatic heterocycles. The maximum atomic E-state index is 12.0. The van der Waals surface area contributed by atoms with Gasteiger partial charge in [-0.05, 0) is 36.0 Å². The lowest BCUT2D eigenvalue weighted by Gasteiger charge is -1.99. The fourth-order valence-electron chi connectivity index (χ4n) is 2.17. The maximum Gasteiger partial charge on any atom is 0.185 e. The van der Waals surface area contributed by atoms with Gasteiger partial charge in [-0.15, -0.1) is 0 Å². The molecule has 1 aliphatic carbocycles. The van der Waals surface area contributed by atoms with Gasteiger partial charge in [0.2, 0.25) is 0 Å². The highest BCUT2D eigenvalue weighted by molar-refractivity contribution is 6.06. The minimum absolute atomic E-state index is 0.0613. The van der Waals surface area contributed by atoms with Crippen molar-refractivity contribution >= 4 is 11.9 Å². The van der Waals surface area contributed by atoms with E-state index in [4.69, 9.17) is 0 Å². The van der Waals surface area contributed by atoms with Crippen LogP contribution in [0.2, 0.25) is 0 Å². The number of carbonyl (C=O) groups excluding carboxylic acids is 1. The van der Waals surface area contributed by atoms with Gasteiger partial charge in [0, 0.05) is 5.56 Å². The molecule has 2 aromatic rings. The van der Waals surface area contributed by atoms with Gasteiger partial charge in [-0.25, -0.2) is 0 Å². The Bertz CT molecular complexity index is 589. The number of hydrogen-bond acceptors (Lipinski definition) is 1. The first-order valence-electron chi connectivity index (χ1n) is 6.70. The van der Waals surface area contributed by atoms with Crippen LogP contribution in [0.15, 0.2) is 60.7 Å². The average Bonchev–Trinajstić information content (AvgIpc) is 3.31. The van der Waals surface area contributed by atoms with Gasteiger partial charge in [0.05, 0.1) is 0 Å². The zero-order valence-corrected chi connectivity index (χ0v) is 10.8. The minimum atomic E-state index is 0.0613. The summed E-state index contributed by atoms with van der Waals surface area (Å²) < 4.78 is 0. The van der Waals surface area contributed by atoms with Crippen molar-refractivity contribution in [3.05, 3.63) is 77.4 Å². The van der Waals surface area contributed by atoms with Crippen molar-refractivity contribution in [2.45, 2.75) is 18.8 Å². The van der Waals surface area contributed by atoms with Crippen LogP contribution in [0.4, 0.5) is 0 Å². The highest BCUT2D eigenvalue weighted by atomic mass is 16.1. The second kappa shape index (κ2) is 5.23. The summed E-state index contributed by atoms with van der Waals surface area (Å²) in [5, 5.41) is 0. The molecule has 0 unspecified atom stereocenters. The first-order valence-corrected chi connectivity index (χ1v) is 6.70. The summed E-state index contributed by atoms with van der Waals surface area (Å²) in [7, 11) is 0. The molecule has 0 atom stereocenters. The van der Waals surface area contributed by atoms with E-state index in [0.717, 1.165) is 17.0 Å². The van der Waals surface area contributed by atoms with Crippen molar-refractivity contribution in [2.24, 2.45) is 0 Å². The third-order valence-corrected chi connectivity index (χ3v) is 3.47. The molecule has 1 heteroatoms. The monoisotopic (exact) mass is 248 g/mol. The molecule has 0 N–H and O–H groups in total. The van der Waals surface area contributed by atoms with Crippen molar-refractivity contribution in [2.75, 3.05) is 0 Å². The Labute approximate surface area is 113 Å². The lowest BCUT2D eigenvalue weighted by Crippen LogP contribution is -1.94. The van der Waals surface area contributed by atoms with E-state index in [0.29, 0.717) is 0 Å². The molecule has 2 aromatic carbocycles. The molecule has 0 aromatic heterocycles. The Hall–Kier alpha value is -2.15. The van der Waals surface area contributed by atoms with Crippen molar-refractivity contribution in [3.63, 3.8) is 0 Å². The predicted octanol–water partition coefficient (Wildman–Crippen LogP) is 4.46. The number of benzene rings is 2. The molecule has 1 nitrogen and oxygen atoms in total. The van der Waals surface area contributed by atoms with Crippen LogP contribution in [0, 0.1) is 0 Å². The van der Waals surface area contributed by atoms with Crippen molar-refractivity contribution in [1.29, 1.82) is 0 Å². The van der Waals surface area contributed by atoms with Crippen LogP contribution >= 0.6 is 0 Å². The fraction of sp³-hybridized carbons (Fsp3) is 0.167. The quantitative estimate of drug-likeness (QED) is 0.576. The Morgan fingerprint density at radius 3 is 2.26 bits per heavy atom. The van der Waals surface area contributed by atoms with Gasteiger partial charge in [-0.2, -0.15) is 0 Å². The number of carbonyl (C=O) groups is 1. The van der Waals surface area contributed by atoms with Crippen LogP contribution in [0.3, 0.4) is 0 Å². The molecule has 1 saturated carbocycles. The largest absolute Gasteiger partial charge is 0.289 e. The van der Waals surface area contributed by atoms with Crippen LogP contribution < -0.4 is 0 Å². The molecule has 1 fully saturated rings. The first kappa shape index (κ1) is 11.9. The molecule has 0 bridgehead atoms. The summed E-state index contributed by atoms with van der Waals surface area (Å²) in [5.41, 5.74) is 3.17. The maximum absolute atomic E-state index is 12.0. The van der Waals surface area contributed by atoms with Gasteiger partial charge in [-0.3, -0.25) is 4.79 Å². The van der Waals surface area contributed by atoms with Crippen molar-refractivity contribution in [1.82, 2.24) is 0 Å². The van der Waals surface area contributed by atoms with E-state index in [2.05, 4.69) is 12.1 Å². The van der Waals surface area contributed by atoms with E-state index in [9.17, 15) is 4.79 Å². The van der Waals surface area contributed by atoms with Crippen LogP contribution in [0.1, 0.15) is 40.2 Å². The second-order valence-electron chi connectivity index (χ2n) is 5.00. The lowest BCUT2D eigenvalue weighted by molar-refractivity contribution is 0.104. The molecule has 19 heavy (non-hydrogen) atoms. The Kier molecular flexibility index (Phi) is 3.28. The van der Waals surface area contributed by atoms with Crippen LogP contribution in [-0.4, -0.2) is 5.78 Å². The smallest absolute Gasteiger partial charge is 0.185 e. The Morgan fingerprint density at radius 2 is 1.63 bits per heavy atom. The minimum Gasteiger partial charge on any atom is -0.289 e. The van der Waals surface area contributed by atoms with Gasteiger partial charge in [0.25, 0.3) is 0 Å². The summed E-state index contributed by atoms with van der Waals surface area (Å²) in [6.07, 6.45) is 6.08. The first-order chi connectivity index (χ1) is 9.33. The van der Waals surface area contributed by atoms with E-state index in [1.54, 1.807) is 6.08 Å². The molecule has 94 valence electrons. The van der Waals surface area contributed by atoms with E-state index in [1.807, 2.05) is 48.5 Å². The summed E-state index contributed by atoms with van der Waals surface area (Å²) in [5.74, 6) is 0.801. The molecule has 0 heterocycles. The molecule has 0 saturated heterocycles. The van der Waals surface area contributed by atoms with Gasteiger partial charge >= 0.3 is 0 Å². The standard InChI is InChI=1S/C18H16O/c19-18(13-6-14-4-2-1-3-5-14)17-11-9-16(10-12-17)15-7-8-15/h1-6,9-13,15H,7-8H2/b13-6+. The average molecular weight is 248 g/mol. The van der Waals surface area contributed by atoms with Gasteiger partial charge in [-0.1, -0.05) is 60.7 Å². The fourth-order valence-corrected chi connectivity index (χ4v) is 2.17. The van der Waals surface area contributed by atoms with Gasteiger partial charge in [0.15, 0.2) is 5.78 Å². The zero-order chi connectivity index (χ0) is 13.1. The molecule has 0 amide bonds. The van der Waals surface area contributed by atoms with E-state index < -0.39 is 0 Å². The van der Waals surface area contributed by atoms with Crippen LogP contribution in [0.5, 0.6) is 0 Å². The lowest BCUT2D eigenvalue weighted by atomic mass is 10.0. The number of hydrogen-bond donors (Lipinski definition) is 0. The normalized spacial score (nSPS) is 14.7. The summed E-state index contributed by atoms with van der Waals surface area (Å²) in [6.45, 7) is 0. The highest BCUT2D eigenvalue weighted by Gasteiger charge is 2.23. The van der Waals surface area contributed by atoms with E-state index in [1.165, 1.54) is 18.4 Å². The van der Waals surface area contributed by atoms with E-state index >= 15 is 0 Å². The molecular weight excluding hydrogens is 232 g/mol. The predicted molar refractivity (Wildman–Crippen MR) is 78.2 cm³/mol. The summed E-state index contributed by atoms with van der Waals surface area (Å²) in [6, 6.07) is 17.9. The van der Waals surface area contributed by atoms with E-state index in [-0.39, 0.29) is 5.78 Å². The molecular formula is C18H16O. The molecule has 0 spiro atoms. The summed E-state index contributed by atoms with van der Waals surface area (Å²) >= 11 is 0. The summed E-state index contributed by atoms with van der Waals surface area (Å²) in [4.78, 5) is 12.0. The van der Waals surface area contributed by atoms with Crippen LogP contribution in [-0.2, 0) is 0 Å². The van der Waals surface area contributed by atoms with Gasteiger partial charge in [0.1, 0.15) is 0 Å². The van der Waals surface area contributed by atoms with Crippen molar-refractivity contribution in [3.8, 4) is 0 Å². The van der Waals surface area contributed by atoms with Crippen LogP contribution in [0.25, 0.3) is 6.08 Å². The van der Waals surface area contributed by atoms with Gasteiger partial charge < -0.3 is 0 Å². The Morgan fingerprint density at radius 1 is 0.947 bits per heavy atom. The highest BCUT2D eigenvalue weighted by Crippen LogP contribution is 2.39. The van der Waals surface area contributed by atoms with Crippen molar-refractivity contribution < 1.29 is 4.79 Å². The third-order valence-electron chi connectivity index (χ3n) is 3.47. The Balaban J connectivity index is 1.71. The number of rotatable bonds is 4. The third kappa shape index (κ3) is 3.00. The number of ketones is 1. The SMILES string of the molecule is O=C(/C=C/c1ccccc1)c1ccc(C2CC2)cc1. The topological polar surface area (TPSA) is 17.1 Å². The zero-order valence-electron chi connectivity index (χ0n) is 10.8. The molecule has 0 radical (unpaired) electrons. The second-order valence-corrected chi connectivity index (χ2v) is 5.00. The molecule has 1 aliphatic rings. The number of allylic oxidation sites excluding steroid dienone is 1. The molecule has 3 rings (SSSR count).